The lowest BCUT2D eigenvalue weighted by Gasteiger charge is -2.06. The number of nitrogen functional groups attached to an aromatic ring is 1. The van der Waals surface area contributed by atoms with Crippen molar-refractivity contribution in [1.29, 1.82) is 0 Å². The zero-order valence-corrected chi connectivity index (χ0v) is 10.4. The molecule has 0 aliphatic rings. The van der Waals surface area contributed by atoms with E-state index in [-0.39, 0.29) is 5.91 Å². The molecule has 0 aliphatic carbocycles. The number of hydrogen-bond acceptors (Lipinski definition) is 5. The highest BCUT2D eigenvalue weighted by Gasteiger charge is 2.10. The predicted molar refractivity (Wildman–Crippen MR) is 66.4 cm³/mol. The first-order chi connectivity index (χ1) is 7.66. The maximum absolute atomic E-state index is 11.7. The molecule has 0 unspecified atom stereocenters. The van der Waals surface area contributed by atoms with E-state index in [1.54, 1.807) is 18.2 Å². The van der Waals surface area contributed by atoms with Gasteiger partial charge in [-0.3, -0.25) is 4.79 Å². The van der Waals surface area contributed by atoms with Crippen LogP contribution < -0.4 is 11.1 Å². The summed E-state index contributed by atoms with van der Waals surface area (Å²) in [6, 6.07) is 5.25. The average Bonchev–Trinajstić information content (AvgIpc) is 2.75. The molecule has 3 N–H and O–H groups in total. The lowest BCUT2D eigenvalue weighted by molar-refractivity contribution is 0.103. The summed E-state index contributed by atoms with van der Waals surface area (Å²) in [5.41, 5.74) is 6.82. The number of carbonyl (C=O) groups excluding carboxylic acids is 1. The van der Waals surface area contributed by atoms with Crippen molar-refractivity contribution in [2.75, 3.05) is 11.1 Å². The Morgan fingerprint density at radius 1 is 1.50 bits per heavy atom. The quantitative estimate of drug-likeness (QED) is 0.832. The molecule has 0 radical (unpaired) electrons. The first kappa shape index (κ1) is 11.0. The Morgan fingerprint density at radius 3 is 2.94 bits per heavy atom. The van der Waals surface area contributed by atoms with Gasteiger partial charge in [0.15, 0.2) is 0 Å². The fraction of sp³-hybridized carbons (Fsp3) is 0. The fourth-order valence-electron chi connectivity index (χ4n) is 1.10. The molecule has 1 heterocycles. The molecule has 5 nitrogen and oxygen atoms in total. The largest absolute Gasteiger partial charge is 0.397 e. The Kier molecular flexibility index (Phi) is 3.16. The number of aromatic nitrogens is 2. The number of hydrogen-bond donors (Lipinski definition) is 2. The van der Waals surface area contributed by atoms with E-state index in [1.165, 1.54) is 6.20 Å². The second-order valence-corrected chi connectivity index (χ2v) is 4.67. The van der Waals surface area contributed by atoms with Gasteiger partial charge in [0.05, 0.1) is 17.6 Å². The standard InChI is InChI=1S/C9H7BrN4OS/c10-5-1-2-7(6(11)3-5)13-9(15)8-4-12-14-16-8/h1-4H,11H2,(H,13,15). The molecule has 0 spiro atoms. The third kappa shape index (κ3) is 2.37. The Bertz CT molecular complexity index is 514. The van der Waals surface area contributed by atoms with Crippen LogP contribution in [0.15, 0.2) is 28.9 Å². The van der Waals surface area contributed by atoms with Gasteiger partial charge in [0.25, 0.3) is 5.91 Å². The summed E-state index contributed by atoms with van der Waals surface area (Å²) in [6.07, 6.45) is 1.41. The van der Waals surface area contributed by atoms with Gasteiger partial charge in [-0.25, -0.2) is 0 Å². The maximum atomic E-state index is 11.7. The molecule has 0 aliphatic heterocycles. The van der Waals surface area contributed by atoms with Gasteiger partial charge in [0.1, 0.15) is 4.88 Å². The van der Waals surface area contributed by atoms with E-state index in [2.05, 4.69) is 30.8 Å². The summed E-state index contributed by atoms with van der Waals surface area (Å²) in [6.45, 7) is 0. The SMILES string of the molecule is Nc1cc(Br)ccc1NC(=O)c1cnns1. The monoisotopic (exact) mass is 298 g/mol. The van der Waals surface area contributed by atoms with Crippen LogP contribution in [0.25, 0.3) is 0 Å². The maximum Gasteiger partial charge on any atom is 0.269 e. The van der Waals surface area contributed by atoms with Crippen molar-refractivity contribution in [3.8, 4) is 0 Å². The van der Waals surface area contributed by atoms with Crippen molar-refractivity contribution in [3.63, 3.8) is 0 Å². The number of nitrogens with one attached hydrogen (secondary N) is 1. The van der Waals surface area contributed by atoms with E-state index < -0.39 is 0 Å². The number of amides is 1. The normalized spacial score (nSPS) is 10.1. The molecule has 16 heavy (non-hydrogen) atoms. The lowest BCUT2D eigenvalue weighted by Crippen LogP contribution is -2.11. The predicted octanol–water partition coefficient (Wildman–Crippen LogP) is 2.14. The Hall–Kier alpha value is -1.47. The highest BCUT2D eigenvalue weighted by Crippen LogP contribution is 2.23. The van der Waals surface area contributed by atoms with Gasteiger partial charge >= 0.3 is 0 Å². The van der Waals surface area contributed by atoms with Crippen LogP contribution >= 0.6 is 27.5 Å². The third-order valence-electron chi connectivity index (χ3n) is 1.85. The second-order valence-electron chi connectivity index (χ2n) is 2.97. The number of anilines is 2. The molecule has 0 saturated carbocycles. The van der Waals surface area contributed by atoms with Crippen LogP contribution in [0.1, 0.15) is 9.67 Å². The van der Waals surface area contributed by atoms with E-state index >= 15 is 0 Å². The van der Waals surface area contributed by atoms with Gasteiger partial charge in [-0.2, -0.15) is 0 Å². The summed E-state index contributed by atoms with van der Waals surface area (Å²) in [5.74, 6) is -0.260. The Balaban J connectivity index is 2.18. The van der Waals surface area contributed by atoms with Crippen molar-refractivity contribution in [2.45, 2.75) is 0 Å². The molecule has 2 rings (SSSR count). The van der Waals surface area contributed by atoms with Crippen LogP contribution in [-0.2, 0) is 0 Å². The molecule has 82 valence electrons. The minimum Gasteiger partial charge on any atom is -0.397 e. The Labute approximate surface area is 104 Å². The van der Waals surface area contributed by atoms with Crippen LogP contribution in [0.2, 0.25) is 0 Å². The van der Waals surface area contributed by atoms with Gasteiger partial charge in [-0.1, -0.05) is 20.4 Å². The zero-order valence-electron chi connectivity index (χ0n) is 7.98. The fourth-order valence-corrected chi connectivity index (χ4v) is 1.89. The minimum atomic E-state index is -0.260. The van der Waals surface area contributed by atoms with Crippen LogP contribution in [0.5, 0.6) is 0 Å². The van der Waals surface area contributed by atoms with Crippen LogP contribution in [0.3, 0.4) is 0 Å². The van der Waals surface area contributed by atoms with E-state index in [0.29, 0.717) is 16.3 Å². The number of nitrogens with zero attached hydrogens (tertiary/aromatic N) is 2. The topological polar surface area (TPSA) is 80.9 Å². The van der Waals surface area contributed by atoms with Crippen molar-refractivity contribution < 1.29 is 4.79 Å². The van der Waals surface area contributed by atoms with Crippen molar-refractivity contribution in [1.82, 2.24) is 9.59 Å². The number of nitrogens with two attached hydrogens (primary N) is 1. The zero-order chi connectivity index (χ0) is 11.5. The lowest BCUT2D eigenvalue weighted by atomic mass is 10.2. The van der Waals surface area contributed by atoms with E-state index in [9.17, 15) is 4.79 Å². The van der Waals surface area contributed by atoms with Crippen LogP contribution in [0.4, 0.5) is 11.4 Å². The van der Waals surface area contributed by atoms with E-state index in [1.807, 2.05) is 0 Å². The molecule has 1 aromatic carbocycles. The summed E-state index contributed by atoms with van der Waals surface area (Å²) in [4.78, 5) is 12.1. The minimum absolute atomic E-state index is 0.260. The van der Waals surface area contributed by atoms with Crippen molar-refractivity contribution >= 4 is 44.7 Å². The number of rotatable bonds is 2. The van der Waals surface area contributed by atoms with Gasteiger partial charge in [0.2, 0.25) is 0 Å². The first-order valence-corrected chi connectivity index (χ1v) is 5.87. The van der Waals surface area contributed by atoms with Gasteiger partial charge in [-0.05, 0) is 29.7 Å². The van der Waals surface area contributed by atoms with Crippen LogP contribution in [0, 0.1) is 0 Å². The molecule has 1 aromatic heterocycles. The third-order valence-corrected chi connectivity index (χ3v) is 3.00. The highest BCUT2D eigenvalue weighted by molar-refractivity contribution is 9.10. The molecule has 0 atom stereocenters. The molecule has 1 amide bonds. The number of halogens is 1. The summed E-state index contributed by atoms with van der Waals surface area (Å²) < 4.78 is 4.48. The van der Waals surface area contributed by atoms with Gasteiger partial charge < -0.3 is 11.1 Å². The molecule has 0 fully saturated rings. The summed E-state index contributed by atoms with van der Waals surface area (Å²) in [7, 11) is 0. The van der Waals surface area contributed by atoms with Crippen molar-refractivity contribution in [3.05, 3.63) is 33.7 Å². The molecular formula is C9H7BrN4OS. The molecule has 0 bridgehead atoms. The molecular weight excluding hydrogens is 292 g/mol. The smallest absolute Gasteiger partial charge is 0.269 e. The average molecular weight is 299 g/mol. The first-order valence-electron chi connectivity index (χ1n) is 4.30. The molecule has 0 saturated heterocycles. The number of benzene rings is 1. The van der Waals surface area contributed by atoms with Crippen LogP contribution in [-0.4, -0.2) is 15.5 Å². The Morgan fingerprint density at radius 2 is 2.31 bits per heavy atom. The van der Waals surface area contributed by atoms with Gasteiger partial charge in [-0.15, -0.1) is 5.10 Å². The van der Waals surface area contributed by atoms with Crippen molar-refractivity contribution in [2.24, 2.45) is 0 Å². The van der Waals surface area contributed by atoms with E-state index in [4.69, 9.17) is 5.73 Å². The van der Waals surface area contributed by atoms with Gasteiger partial charge in [0, 0.05) is 4.47 Å². The second kappa shape index (κ2) is 4.58. The summed E-state index contributed by atoms with van der Waals surface area (Å²) >= 11 is 4.33. The molecule has 7 heteroatoms. The van der Waals surface area contributed by atoms with E-state index in [0.717, 1.165) is 16.0 Å². The summed E-state index contributed by atoms with van der Waals surface area (Å²) in [5, 5.41) is 6.28. The number of carbonyl (C=O) groups is 1. The highest BCUT2D eigenvalue weighted by atomic mass is 79.9. The molecule has 2 aromatic rings.